The number of likely N-dealkylation sites (N-methyl/N-ethyl adjacent to an activating group) is 1. The van der Waals surface area contributed by atoms with Gasteiger partial charge in [-0.05, 0) is 44.0 Å². The van der Waals surface area contributed by atoms with Crippen LogP contribution < -0.4 is 16.0 Å². The average molecular weight is 475 g/mol. The van der Waals surface area contributed by atoms with Gasteiger partial charge in [0.15, 0.2) is 0 Å². The zero-order valence-corrected chi connectivity index (χ0v) is 21.4. The Morgan fingerprint density at radius 1 is 1.31 bits per heavy atom. The minimum absolute atomic E-state index is 0.0576. The molecule has 0 spiro atoms. The molecule has 0 radical (unpaired) electrons. The van der Waals surface area contributed by atoms with Crippen molar-refractivity contribution in [3.8, 4) is 0 Å². The molecule has 0 aromatic heterocycles. The Labute approximate surface area is 210 Å². The summed E-state index contributed by atoms with van der Waals surface area (Å²) in [5.41, 5.74) is 6.66. The van der Waals surface area contributed by atoms with E-state index in [1.54, 1.807) is 12.2 Å². The van der Waals surface area contributed by atoms with Gasteiger partial charge in [-0.2, -0.15) is 0 Å². The molecule has 0 bridgehead atoms. The third kappa shape index (κ3) is 6.78. The summed E-state index contributed by atoms with van der Waals surface area (Å²) in [4.78, 5) is 4.74. The zero-order valence-electron chi connectivity index (χ0n) is 21.4. The molecule has 0 aromatic rings. The molecule has 3 rings (SSSR count). The molecule has 0 aromatic carbocycles. The molecule has 6 heteroatoms. The lowest BCUT2D eigenvalue weighted by atomic mass is 9.99. The lowest BCUT2D eigenvalue weighted by Gasteiger charge is -2.31. The minimum Gasteiger partial charge on any atom is -0.490 e. The van der Waals surface area contributed by atoms with Gasteiger partial charge in [-0.25, -0.2) is 4.99 Å². The summed E-state index contributed by atoms with van der Waals surface area (Å²) in [6.45, 7) is 18.1. The van der Waals surface area contributed by atoms with E-state index in [0.717, 1.165) is 54.4 Å². The van der Waals surface area contributed by atoms with Gasteiger partial charge >= 0.3 is 0 Å². The molecule has 3 N–H and O–H groups in total. The number of nitrogens with one attached hydrogen (secondary N) is 3. The fourth-order valence-corrected chi connectivity index (χ4v) is 3.81. The predicted molar refractivity (Wildman–Crippen MR) is 144 cm³/mol. The van der Waals surface area contributed by atoms with Crippen molar-refractivity contribution < 1.29 is 9.47 Å². The summed E-state index contributed by atoms with van der Waals surface area (Å²) in [7, 11) is 0. The Morgan fingerprint density at radius 2 is 2.14 bits per heavy atom. The Hall–Kier alpha value is -3.47. The molecule has 2 aliphatic heterocycles. The second kappa shape index (κ2) is 12.3. The third-order valence-electron chi connectivity index (χ3n) is 6.00. The van der Waals surface area contributed by atoms with E-state index >= 15 is 0 Å². The highest BCUT2D eigenvalue weighted by atomic mass is 16.5. The first-order valence-electron chi connectivity index (χ1n) is 12.3. The molecule has 0 fully saturated rings. The van der Waals surface area contributed by atoms with Crippen LogP contribution in [0.5, 0.6) is 0 Å². The van der Waals surface area contributed by atoms with Crippen molar-refractivity contribution in [1.82, 2.24) is 16.0 Å². The third-order valence-corrected chi connectivity index (χ3v) is 6.00. The highest BCUT2D eigenvalue weighted by Crippen LogP contribution is 2.33. The van der Waals surface area contributed by atoms with Crippen LogP contribution >= 0.6 is 0 Å². The van der Waals surface area contributed by atoms with Crippen LogP contribution in [0.25, 0.3) is 0 Å². The van der Waals surface area contributed by atoms with Gasteiger partial charge in [0.05, 0.1) is 11.8 Å². The van der Waals surface area contributed by atoms with Crippen LogP contribution in [0.1, 0.15) is 40.5 Å². The SMILES string of the molecule is C=C/C=C(\C=C)COC1=CC(C2(C)NC3=C(N=CC(CNCC)=CC3)N2)=C(OC(C)CC)C=C=C1. The summed E-state index contributed by atoms with van der Waals surface area (Å²) < 4.78 is 12.4. The molecule has 1 aliphatic carbocycles. The number of rotatable bonds is 12. The van der Waals surface area contributed by atoms with Crippen LogP contribution in [0.15, 0.2) is 106 Å². The molecule has 0 saturated carbocycles. The molecule has 2 unspecified atom stereocenters. The molecular formula is C29H38N4O2. The van der Waals surface area contributed by atoms with Gasteiger partial charge in [-0.3, -0.25) is 0 Å². The number of allylic oxidation sites excluding steroid dienone is 5. The van der Waals surface area contributed by atoms with E-state index in [-0.39, 0.29) is 6.10 Å². The summed E-state index contributed by atoms with van der Waals surface area (Å²) in [5, 5.41) is 10.6. The Balaban J connectivity index is 1.89. The van der Waals surface area contributed by atoms with Crippen LogP contribution in [-0.2, 0) is 9.47 Å². The highest BCUT2D eigenvalue weighted by molar-refractivity contribution is 5.80. The van der Waals surface area contributed by atoms with Crippen LogP contribution in [0, 0.1) is 0 Å². The fourth-order valence-electron chi connectivity index (χ4n) is 3.81. The van der Waals surface area contributed by atoms with Crippen LogP contribution in [-0.4, -0.2) is 37.7 Å². The van der Waals surface area contributed by atoms with Crippen molar-refractivity contribution >= 4 is 6.21 Å². The number of ether oxygens (including phenoxy) is 2. The van der Waals surface area contributed by atoms with Crippen LogP contribution in [0.3, 0.4) is 0 Å². The molecule has 0 saturated heterocycles. The maximum Gasteiger partial charge on any atom is 0.147 e. The largest absolute Gasteiger partial charge is 0.490 e. The van der Waals surface area contributed by atoms with E-state index in [0.29, 0.717) is 12.4 Å². The maximum absolute atomic E-state index is 6.33. The zero-order chi connectivity index (χ0) is 25.3. The van der Waals surface area contributed by atoms with Gasteiger partial charge in [0.2, 0.25) is 0 Å². The van der Waals surface area contributed by atoms with Crippen molar-refractivity contribution in [1.29, 1.82) is 0 Å². The summed E-state index contributed by atoms with van der Waals surface area (Å²) >= 11 is 0. The number of aliphatic imine (C=N–C) groups is 1. The monoisotopic (exact) mass is 474 g/mol. The highest BCUT2D eigenvalue weighted by Gasteiger charge is 2.39. The van der Waals surface area contributed by atoms with Gasteiger partial charge in [0, 0.05) is 36.9 Å². The molecular weight excluding hydrogens is 436 g/mol. The van der Waals surface area contributed by atoms with Crippen molar-refractivity contribution in [2.24, 2.45) is 4.99 Å². The van der Waals surface area contributed by atoms with Crippen molar-refractivity contribution in [3.63, 3.8) is 0 Å². The Morgan fingerprint density at radius 3 is 2.86 bits per heavy atom. The van der Waals surface area contributed by atoms with Crippen LogP contribution in [0.2, 0.25) is 0 Å². The Bertz CT molecular complexity index is 1080. The smallest absolute Gasteiger partial charge is 0.147 e. The normalized spacial score (nSPS) is 22.3. The summed E-state index contributed by atoms with van der Waals surface area (Å²) in [6, 6.07) is 0. The van der Waals surface area contributed by atoms with E-state index in [1.807, 2.05) is 30.5 Å². The second-order valence-electron chi connectivity index (χ2n) is 8.81. The molecule has 3 aliphatic rings. The van der Waals surface area contributed by atoms with Gasteiger partial charge < -0.3 is 25.4 Å². The lowest BCUT2D eigenvalue weighted by molar-refractivity contribution is 0.132. The quantitative estimate of drug-likeness (QED) is 0.272. The van der Waals surface area contributed by atoms with E-state index < -0.39 is 5.66 Å². The fraction of sp³-hybridized carbons (Fsp3) is 0.379. The van der Waals surface area contributed by atoms with E-state index in [1.165, 1.54) is 5.57 Å². The van der Waals surface area contributed by atoms with Gasteiger partial charge in [0.25, 0.3) is 0 Å². The first-order chi connectivity index (χ1) is 16.9. The van der Waals surface area contributed by atoms with E-state index in [2.05, 4.69) is 68.6 Å². The van der Waals surface area contributed by atoms with E-state index in [4.69, 9.17) is 14.5 Å². The second-order valence-corrected chi connectivity index (χ2v) is 8.81. The summed E-state index contributed by atoms with van der Waals surface area (Å²) in [5.74, 6) is 2.26. The number of hydrogen-bond donors (Lipinski definition) is 3. The van der Waals surface area contributed by atoms with Crippen molar-refractivity contribution in [2.45, 2.75) is 52.3 Å². The summed E-state index contributed by atoms with van der Waals surface area (Å²) in [6.07, 6.45) is 16.9. The van der Waals surface area contributed by atoms with Crippen LogP contribution in [0.4, 0.5) is 0 Å². The lowest BCUT2D eigenvalue weighted by Crippen LogP contribution is -2.49. The molecule has 2 heterocycles. The molecule has 6 nitrogen and oxygen atoms in total. The molecule has 2 atom stereocenters. The number of hydrogen-bond acceptors (Lipinski definition) is 6. The van der Waals surface area contributed by atoms with E-state index in [9.17, 15) is 0 Å². The topological polar surface area (TPSA) is 66.9 Å². The average Bonchev–Trinajstić information content (AvgIpc) is 2.97. The van der Waals surface area contributed by atoms with Gasteiger partial charge in [0.1, 0.15) is 29.6 Å². The van der Waals surface area contributed by atoms with Crippen molar-refractivity contribution in [3.05, 3.63) is 101 Å². The minimum atomic E-state index is -0.638. The van der Waals surface area contributed by atoms with Crippen molar-refractivity contribution in [2.75, 3.05) is 19.7 Å². The Kier molecular flexibility index (Phi) is 9.18. The van der Waals surface area contributed by atoms with Gasteiger partial charge in [-0.1, -0.05) is 51.3 Å². The maximum atomic E-state index is 6.33. The molecule has 35 heavy (non-hydrogen) atoms. The molecule has 0 amide bonds. The van der Waals surface area contributed by atoms with Gasteiger partial charge in [-0.15, -0.1) is 5.73 Å². The molecule has 186 valence electrons. The standard InChI is InChI=1S/C29H38N4O2/c1-7-12-22(9-3)20-34-24-13-11-14-27(35-21(5)8-2)25(17-24)29(6)32-26-16-15-23(18-30-10-4)19-31-28(26)33-29/h7,9,12-15,17,19,21,30,32-33H,1,3,8,10,16,18,20H2,2,4-6H3/b22-12+. The first-order valence-corrected chi connectivity index (χ1v) is 12.3. The predicted octanol–water partition coefficient (Wildman–Crippen LogP) is 5.07. The number of nitrogens with zero attached hydrogens (tertiary/aromatic N) is 1. The first kappa shape index (κ1) is 26.1.